The molecule has 2 aromatic rings. The van der Waals surface area contributed by atoms with E-state index in [2.05, 4.69) is 66.4 Å². The summed E-state index contributed by atoms with van der Waals surface area (Å²) in [5.74, 6) is 2.38. The third-order valence-corrected chi connectivity index (χ3v) is 5.37. The van der Waals surface area contributed by atoms with E-state index in [1.54, 1.807) is 0 Å². The summed E-state index contributed by atoms with van der Waals surface area (Å²) in [4.78, 5) is 0. The van der Waals surface area contributed by atoms with Gasteiger partial charge in [-0.3, -0.25) is 0 Å². The van der Waals surface area contributed by atoms with Gasteiger partial charge in [-0.05, 0) is 0 Å². The fourth-order valence-electron chi connectivity index (χ4n) is 1.68. The number of benzene rings is 2. The molecule has 2 rings (SSSR count). The Hall–Kier alpha value is -1.03. The van der Waals surface area contributed by atoms with Crippen molar-refractivity contribution in [3.63, 3.8) is 0 Å². The van der Waals surface area contributed by atoms with Crippen LogP contribution in [0.4, 0.5) is 0 Å². The molecule has 0 saturated heterocycles. The third kappa shape index (κ3) is 2.07. The number of hydrogen-bond donors (Lipinski definition) is 0. The van der Waals surface area contributed by atoms with Crippen molar-refractivity contribution in [2.24, 2.45) is 0 Å². The van der Waals surface area contributed by atoms with Crippen LogP contribution in [0.1, 0.15) is 0 Å². The summed E-state index contributed by atoms with van der Waals surface area (Å²) in [6.45, 7) is 0. The second-order valence-corrected chi connectivity index (χ2v) is 6.32. The molecule has 0 aliphatic carbocycles. The average Bonchev–Trinajstić information content (AvgIpc) is 2.30. The van der Waals surface area contributed by atoms with Crippen molar-refractivity contribution >= 4 is 23.0 Å². The van der Waals surface area contributed by atoms with Gasteiger partial charge in [0.2, 0.25) is 0 Å². The number of hydrogen-bond acceptors (Lipinski definition) is 0. The molecule has 0 saturated carbocycles. The first-order valence-electron chi connectivity index (χ1n) is 4.98. The first kappa shape index (κ1) is 9.52. The van der Waals surface area contributed by atoms with E-state index in [1.165, 1.54) is 8.85 Å². The maximum Gasteiger partial charge on any atom is 0.342 e. The smallest absolute Gasteiger partial charge is 0.104 e. The van der Waals surface area contributed by atoms with Crippen LogP contribution in [0.2, 0.25) is 5.79 Å². The van der Waals surface area contributed by atoms with Gasteiger partial charge >= 0.3 is 14.1 Å². The summed E-state index contributed by atoms with van der Waals surface area (Å²) in [7, 11) is 0. The van der Waals surface area contributed by atoms with Gasteiger partial charge in [0, 0.05) is 0 Å². The predicted molar refractivity (Wildman–Crippen MR) is 63.8 cm³/mol. The Morgan fingerprint density at radius 1 is 0.643 bits per heavy atom. The molecule has 1 heteroatoms. The van der Waals surface area contributed by atoms with Crippen LogP contribution in [0, 0.1) is 0 Å². The van der Waals surface area contributed by atoms with E-state index < -0.39 is 14.1 Å². The zero-order chi connectivity index (χ0) is 9.80. The molecule has 0 N–H and O–H groups in total. The van der Waals surface area contributed by atoms with Crippen LogP contribution in [0.5, 0.6) is 0 Å². The van der Waals surface area contributed by atoms with Crippen LogP contribution in [0.25, 0.3) is 0 Å². The second kappa shape index (κ2) is 4.46. The van der Waals surface area contributed by atoms with E-state index in [4.69, 9.17) is 0 Å². The molecule has 0 atom stereocenters. The lowest BCUT2D eigenvalue weighted by Gasteiger charge is -2.06. The van der Waals surface area contributed by atoms with Crippen molar-refractivity contribution < 1.29 is 0 Å². The Morgan fingerprint density at radius 2 is 1.00 bits per heavy atom. The monoisotopic (exact) mass is 196 g/mol. The van der Waals surface area contributed by atoms with Crippen molar-refractivity contribution in [2.45, 2.75) is 5.79 Å². The minimum Gasteiger partial charge on any atom is -0.104 e. The molecular formula is C13H13Al. The van der Waals surface area contributed by atoms with Gasteiger partial charge in [0.1, 0.15) is 0 Å². The molecule has 0 amide bonds. The van der Waals surface area contributed by atoms with Gasteiger partial charge in [-0.15, -0.1) is 8.85 Å². The second-order valence-electron chi connectivity index (χ2n) is 3.54. The summed E-state index contributed by atoms with van der Waals surface area (Å²) in [6.07, 6.45) is 0. The van der Waals surface area contributed by atoms with Crippen LogP contribution in [-0.4, -0.2) is 14.1 Å². The summed E-state index contributed by atoms with van der Waals surface area (Å²) in [6, 6.07) is 21.6. The summed E-state index contributed by atoms with van der Waals surface area (Å²) in [5, 5.41) is 0. The Morgan fingerprint density at radius 3 is 1.36 bits per heavy atom. The molecule has 68 valence electrons. The summed E-state index contributed by atoms with van der Waals surface area (Å²) in [5.41, 5.74) is 0. The first-order chi connectivity index (χ1) is 6.88. The van der Waals surface area contributed by atoms with E-state index in [0.29, 0.717) is 0 Å². The minimum absolute atomic E-state index is 0.919. The van der Waals surface area contributed by atoms with E-state index >= 15 is 0 Å². The fourth-order valence-corrected chi connectivity index (χ4v) is 3.66. The van der Waals surface area contributed by atoms with Gasteiger partial charge in [0.15, 0.2) is 0 Å². The van der Waals surface area contributed by atoms with Crippen LogP contribution < -0.4 is 8.85 Å². The SMILES string of the molecule is [CH3][Al]([c]1ccccc1)[c]1ccccc1. The highest BCUT2D eigenvalue weighted by molar-refractivity contribution is 6.84. The summed E-state index contributed by atoms with van der Waals surface area (Å²) < 4.78 is 3.03. The van der Waals surface area contributed by atoms with Crippen LogP contribution in [-0.2, 0) is 0 Å². The molecule has 14 heavy (non-hydrogen) atoms. The molecular weight excluding hydrogens is 183 g/mol. The Balaban J connectivity index is 2.30. The molecule has 0 nitrogen and oxygen atoms in total. The molecule has 0 aliphatic rings. The maximum atomic E-state index is 2.38. The third-order valence-electron chi connectivity index (χ3n) is 2.60. The van der Waals surface area contributed by atoms with Gasteiger partial charge in [-0.25, -0.2) is 0 Å². The van der Waals surface area contributed by atoms with Crippen LogP contribution >= 0.6 is 0 Å². The average molecular weight is 196 g/mol. The van der Waals surface area contributed by atoms with Gasteiger partial charge in [-0.1, -0.05) is 66.4 Å². The lowest BCUT2D eigenvalue weighted by molar-refractivity contribution is 1.72. The Bertz CT molecular complexity index is 341. The van der Waals surface area contributed by atoms with Crippen molar-refractivity contribution in [3.8, 4) is 0 Å². The van der Waals surface area contributed by atoms with Gasteiger partial charge in [-0.2, -0.15) is 0 Å². The van der Waals surface area contributed by atoms with Crippen LogP contribution in [0.15, 0.2) is 60.7 Å². The molecule has 0 radical (unpaired) electrons. The topological polar surface area (TPSA) is 0 Å². The molecule has 0 bridgehead atoms. The molecule has 0 aromatic heterocycles. The normalized spacial score (nSPS) is 9.79. The highest BCUT2D eigenvalue weighted by Gasteiger charge is 2.14. The van der Waals surface area contributed by atoms with E-state index in [0.717, 1.165) is 0 Å². The fraction of sp³-hybridized carbons (Fsp3) is 0.0769. The zero-order valence-corrected chi connectivity index (χ0v) is 9.51. The van der Waals surface area contributed by atoms with Gasteiger partial charge in [0.05, 0.1) is 0 Å². The van der Waals surface area contributed by atoms with E-state index in [-0.39, 0.29) is 0 Å². The minimum atomic E-state index is -0.919. The predicted octanol–water partition coefficient (Wildman–Crippen LogP) is 1.93. The molecule has 0 unspecified atom stereocenters. The molecule has 0 fully saturated rings. The van der Waals surface area contributed by atoms with Crippen molar-refractivity contribution in [3.05, 3.63) is 60.7 Å². The van der Waals surface area contributed by atoms with Crippen molar-refractivity contribution in [1.82, 2.24) is 0 Å². The van der Waals surface area contributed by atoms with Crippen molar-refractivity contribution in [1.29, 1.82) is 0 Å². The Kier molecular flexibility index (Phi) is 3.04. The molecule has 2 aromatic carbocycles. The molecule has 0 heterocycles. The zero-order valence-electron chi connectivity index (χ0n) is 8.35. The lowest BCUT2D eigenvalue weighted by Crippen LogP contribution is -2.38. The van der Waals surface area contributed by atoms with Crippen LogP contribution in [0.3, 0.4) is 0 Å². The van der Waals surface area contributed by atoms with E-state index in [1.807, 2.05) is 0 Å². The first-order valence-corrected chi connectivity index (χ1v) is 7.29. The molecule has 0 aliphatic heterocycles. The standard InChI is InChI=1S/2C6H5.CH3.Al/c2*1-2-4-6-5-3-1;;/h2*1-5H;1H3;. The van der Waals surface area contributed by atoms with E-state index in [9.17, 15) is 0 Å². The molecule has 0 spiro atoms. The van der Waals surface area contributed by atoms with Gasteiger partial charge < -0.3 is 0 Å². The quantitative estimate of drug-likeness (QED) is 0.644. The van der Waals surface area contributed by atoms with Crippen molar-refractivity contribution in [2.75, 3.05) is 0 Å². The number of rotatable bonds is 2. The highest BCUT2D eigenvalue weighted by Crippen LogP contribution is 1.91. The lowest BCUT2D eigenvalue weighted by atomic mass is 10.4. The van der Waals surface area contributed by atoms with Gasteiger partial charge in [0.25, 0.3) is 0 Å². The maximum absolute atomic E-state index is 2.38. The summed E-state index contributed by atoms with van der Waals surface area (Å²) >= 11 is -0.919. The largest absolute Gasteiger partial charge is 0.342 e. The Labute approximate surface area is 89.6 Å². The highest BCUT2D eigenvalue weighted by atomic mass is 27.2.